The quantitative estimate of drug-likeness (QED) is 0.648. The third-order valence-corrected chi connectivity index (χ3v) is 4.66. The van der Waals surface area contributed by atoms with E-state index in [1.807, 2.05) is 20.8 Å². The van der Waals surface area contributed by atoms with E-state index in [1.54, 1.807) is 0 Å². The minimum absolute atomic E-state index is 0.0351. The van der Waals surface area contributed by atoms with Crippen LogP contribution in [-0.2, 0) is 10.0 Å². The Hall–Kier alpha value is -1.60. The highest BCUT2D eigenvalue weighted by Crippen LogP contribution is 2.22. The molecule has 0 saturated carbocycles. The zero-order valence-electron chi connectivity index (χ0n) is 13.2. The fourth-order valence-corrected chi connectivity index (χ4v) is 3.24. The Kier molecular flexibility index (Phi) is 6.83. The van der Waals surface area contributed by atoms with Gasteiger partial charge in [-0.1, -0.05) is 20.3 Å². The van der Waals surface area contributed by atoms with Crippen LogP contribution in [0, 0.1) is 0 Å². The minimum Gasteiger partial charge on any atom is -0.478 e. The van der Waals surface area contributed by atoms with E-state index in [-0.39, 0.29) is 16.5 Å². The first-order chi connectivity index (χ1) is 10.3. The molecular formula is C15H24N2O4S. The second-order valence-electron chi connectivity index (χ2n) is 5.24. The summed E-state index contributed by atoms with van der Waals surface area (Å²) in [6, 6.07) is 4.24. The van der Waals surface area contributed by atoms with Crippen molar-refractivity contribution in [2.45, 2.75) is 51.0 Å². The van der Waals surface area contributed by atoms with E-state index in [0.29, 0.717) is 18.7 Å². The number of benzene rings is 1. The van der Waals surface area contributed by atoms with Gasteiger partial charge in [-0.25, -0.2) is 17.9 Å². The maximum absolute atomic E-state index is 12.1. The van der Waals surface area contributed by atoms with Crippen LogP contribution in [0.1, 0.15) is 50.4 Å². The monoisotopic (exact) mass is 328 g/mol. The average molecular weight is 328 g/mol. The van der Waals surface area contributed by atoms with Gasteiger partial charge in [0.05, 0.1) is 10.5 Å². The first-order valence-corrected chi connectivity index (χ1v) is 8.93. The molecule has 1 aromatic rings. The normalized spacial score (nSPS) is 12.9. The molecule has 0 unspecified atom stereocenters. The smallest absolute Gasteiger partial charge is 0.337 e. The molecule has 0 amide bonds. The highest BCUT2D eigenvalue weighted by molar-refractivity contribution is 7.89. The van der Waals surface area contributed by atoms with Crippen molar-refractivity contribution in [2.75, 3.05) is 11.9 Å². The minimum atomic E-state index is -3.68. The summed E-state index contributed by atoms with van der Waals surface area (Å²) in [6.45, 7) is 6.18. The number of sulfonamides is 1. The van der Waals surface area contributed by atoms with Gasteiger partial charge in [-0.15, -0.1) is 0 Å². The number of aromatic carboxylic acids is 1. The second kappa shape index (κ2) is 8.14. The maximum Gasteiger partial charge on any atom is 0.337 e. The van der Waals surface area contributed by atoms with Crippen LogP contribution < -0.4 is 10.0 Å². The lowest BCUT2D eigenvalue weighted by atomic mass is 10.1. The molecule has 3 N–H and O–H groups in total. The Bertz CT molecular complexity index is 614. The molecule has 124 valence electrons. The standard InChI is InChI=1S/C15H24N2O4S/c1-4-6-11(3)17-14-8-7-12(10-13(14)15(18)19)22(20,21)16-9-5-2/h7-8,10-11,16-17H,4-6,9H2,1-3H3,(H,18,19)/t11-/m1/s1. The molecule has 1 rings (SSSR count). The van der Waals surface area contributed by atoms with E-state index in [4.69, 9.17) is 0 Å². The van der Waals surface area contributed by atoms with Crippen molar-refractivity contribution in [3.05, 3.63) is 23.8 Å². The topological polar surface area (TPSA) is 95.5 Å². The summed E-state index contributed by atoms with van der Waals surface area (Å²) < 4.78 is 26.6. The number of hydrogen-bond acceptors (Lipinski definition) is 4. The van der Waals surface area contributed by atoms with Crippen LogP contribution >= 0.6 is 0 Å². The molecule has 0 aliphatic rings. The van der Waals surface area contributed by atoms with E-state index < -0.39 is 16.0 Å². The lowest BCUT2D eigenvalue weighted by Crippen LogP contribution is -2.25. The number of carboxylic acid groups (broad SMARTS) is 1. The second-order valence-corrected chi connectivity index (χ2v) is 7.01. The van der Waals surface area contributed by atoms with E-state index in [9.17, 15) is 18.3 Å². The van der Waals surface area contributed by atoms with Gasteiger partial charge in [0.25, 0.3) is 0 Å². The predicted molar refractivity (Wildman–Crippen MR) is 86.9 cm³/mol. The van der Waals surface area contributed by atoms with Crippen molar-refractivity contribution in [3.8, 4) is 0 Å². The molecule has 0 radical (unpaired) electrons. The first-order valence-electron chi connectivity index (χ1n) is 7.45. The van der Waals surface area contributed by atoms with Gasteiger partial charge in [0.2, 0.25) is 10.0 Å². The summed E-state index contributed by atoms with van der Waals surface area (Å²) in [5.41, 5.74) is 0.394. The molecule has 0 saturated heterocycles. The number of hydrogen-bond donors (Lipinski definition) is 3. The average Bonchev–Trinajstić information content (AvgIpc) is 2.45. The van der Waals surface area contributed by atoms with Crippen molar-refractivity contribution >= 4 is 21.7 Å². The predicted octanol–water partition coefficient (Wildman–Crippen LogP) is 2.67. The number of carbonyl (C=O) groups is 1. The molecule has 0 aromatic heterocycles. The number of carboxylic acids is 1. The van der Waals surface area contributed by atoms with E-state index in [1.165, 1.54) is 18.2 Å². The van der Waals surface area contributed by atoms with Gasteiger partial charge in [-0.2, -0.15) is 0 Å². The summed E-state index contributed by atoms with van der Waals surface area (Å²) >= 11 is 0. The zero-order chi connectivity index (χ0) is 16.8. The van der Waals surface area contributed by atoms with Crippen LogP contribution in [-0.4, -0.2) is 32.1 Å². The fraction of sp³-hybridized carbons (Fsp3) is 0.533. The number of rotatable bonds is 9. The van der Waals surface area contributed by atoms with Crippen LogP contribution in [0.4, 0.5) is 5.69 Å². The highest BCUT2D eigenvalue weighted by atomic mass is 32.2. The molecule has 1 aromatic carbocycles. The third kappa shape index (κ3) is 4.99. The van der Waals surface area contributed by atoms with Gasteiger partial charge in [0, 0.05) is 18.3 Å². The van der Waals surface area contributed by atoms with Crippen LogP contribution in [0.2, 0.25) is 0 Å². The molecule has 0 aliphatic heterocycles. The molecule has 0 bridgehead atoms. The van der Waals surface area contributed by atoms with Crippen LogP contribution in [0.3, 0.4) is 0 Å². The molecule has 22 heavy (non-hydrogen) atoms. The van der Waals surface area contributed by atoms with Gasteiger partial charge >= 0.3 is 5.97 Å². The Labute approximate surface area is 132 Å². The third-order valence-electron chi connectivity index (χ3n) is 3.20. The molecule has 7 heteroatoms. The summed E-state index contributed by atoms with van der Waals surface area (Å²) in [4.78, 5) is 11.4. The van der Waals surface area contributed by atoms with E-state index >= 15 is 0 Å². The summed E-state index contributed by atoms with van der Waals surface area (Å²) in [7, 11) is -3.68. The highest BCUT2D eigenvalue weighted by Gasteiger charge is 2.19. The molecule has 6 nitrogen and oxygen atoms in total. The molecule has 1 atom stereocenters. The zero-order valence-corrected chi connectivity index (χ0v) is 14.0. The van der Waals surface area contributed by atoms with E-state index in [0.717, 1.165) is 12.8 Å². The van der Waals surface area contributed by atoms with Gasteiger partial charge in [-0.3, -0.25) is 0 Å². The lowest BCUT2D eigenvalue weighted by molar-refractivity contribution is 0.0697. The fourth-order valence-electron chi connectivity index (χ4n) is 2.08. The summed E-state index contributed by atoms with van der Waals surface area (Å²) in [6.07, 6.45) is 2.54. The Morgan fingerprint density at radius 3 is 2.50 bits per heavy atom. The van der Waals surface area contributed by atoms with Crippen molar-refractivity contribution < 1.29 is 18.3 Å². The number of anilines is 1. The van der Waals surface area contributed by atoms with Crippen molar-refractivity contribution in [1.82, 2.24) is 4.72 Å². The van der Waals surface area contributed by atoms with Gasteiger partial charge < -0.3 is 10.4 Å². The molecule has 0 fully saturated rings. The Balaban J connectivity index is 3.12. The SMILES string of the molecule is CCCNS(=O)(=O)c1ccc(N[C@H](C)CCC)c(C(=O)O)c1. The van der Waals surface area contributed by atoms with Gasteiger partial charge in [-0.05, 0) is 38.0 Å². The number of nitrogens with one attached hydrogen (secondary N) is 2. The molecule has 0 spiro atoms. The van der Waals surface area contributed by atoms with E-state index in [2.05, 4.69) is 10.0 Å². The van der Waals surface area contributed by atoms with Crippen LogP contribution in [0.15, 0.2) is 23.1 Å². The van der Waals surface area contributed by atoms with Gasteiger partial charge in [0.15, 0.2) is 0 Å². The lowest BCUT2D eigenvalue weighted by Gasteiger charge is -2.17. The van der Waals surface area contributed by atoms with Crippen LogP contribution in [0.5, 0.6) is 0 Å². The van der Waals surface area contributed by atoms with Crippen molar-refractivity contribution in [1.29, 1.82) is 0 Å². The molecule has 0 heterocycles. The van der Waals surface area contributed by atoms with Gasteiger partial charge in [0.1, 0.15) is 0 Å². The Morgan fingerprint density at radius 1 is 1.27 bits per heavy atom. The van der Waals surface area contributed by atoms with Crippen LogP contribution in [0.25, 0.3) is 0 Å². The van der Waals surface area contributed by atoms with Crippen molar-refractivity contribution in [3.63, 3.8) is 0 Å². The summed E-state index contributed by atoms with van der Waals surface area (Å²) in [5.74, 6) is -1.15. The maximum atomic E-state index is 12.1. The van der Waals surface area contributed by atoms with Crippen molar-refractivity contribution in [2.24, 2.45) is 0 Å². The Morgan fingerprint density at radius 2 is 1.95 bits per heavy atom. The molecular weight excluding hydrogens is 304 g/mol. The first kappa shape index (κ1) is 18.4. The summed E-state index contributed by atoms with van der Waals surface area (Å²) in [5, 5.41) is 12.4. The molecule has 0 aliphatic carbocycles. The largest absolute Gasteiger partial charge is 0.478 e.